The van der Waals surface area contributed by atoms with Crippen LogP contribution in [-0.2, 0) is 4.79 Å². The van der Waals surface area contributed by atoms with Gasteiger partial charge in [-0.25, -0.2) is 0 Å². The van der Waals surface area contributed by atoms with Crippen molar-refractivity contribution in [3.8, 4) is 11.5 Å². The van der Waals surface area contributed by atoms with Crippen molar-refractivity contribution in [3.63, 3.8) is 0 Å². The third kappa shape index (κ3) is 7.14. The number of hydrogen-bond acceptors (Lipinski definition) is 3. The molecule has 0 fully saturated rings. The van der Waals surface area contributed by atoms with E-state index in [0.29, 0.717) is 28.1 Å². The third-order valence-electron chi connectivity index (χ3n) is 3.64. The van der Waals surface area contributed by atoms with E-state index in [9.17, 15) is 4.79 Å². The topological polar surface area (TPSA) is 47.6 Å². The highest BCUT2D eigenvalue weighted by molar-refractivity contribution is 6.35. The lowest BCUT2D eigenvalue weighted by Gasteiger charge is -2.10. The van der Waals surface area contributed by atoms with Crippen LogP contribution in [-0.4, -0.2) is 19.1 Å². The maximum atomic E-state index is 12.1. The number of amides is 1. The Balaban J connectivity index is 1.80. The van der Waals surface area contributed by atoms with Gasteiger partial charge in [-0.3, -0.25) is 4.79 Å². The number of ether oxygens (including phenoxy) is 2. The van der Waals surface area contributed by atoms with Crippen molar-refractivity contribution in [2.45, 2.75) is 32.6 Å². The normalized spacial score (nSPS) is 10.4. The van der Waals surface area contributed by atoms with Gasteiger partial charge in [-0.05, 0) is 36.8 Å². The monoisotopic (exact) mass is 395 g/mol. The molecule has 0 saturated heterocycles. The minimum atomic E-state index is -0.281. The van der Waals surface area contributed by atoms with Crippen molar-refractivity contribution in [3.05, 3.63) is 52.5 Å². The van der Waals surface area contributed by atoms with Crippen LogP contribution in [0.3, 0.4) is 0 Å². The quantitative estimate of drug-likeness (QED) is 0.504. The predicted molar refractivity (Wildman–Crippen MR) is 107 cm³/mol. The van der Waals surface area contributed by atoms with Gasteiger partial charge in [-0.2, -0.15) is 0 Å². The van der Waals surface area contributed by atoms with Gasteiger partial charge in [-0.15, -0.1) is 0 Å². The Bertz CT molecular complexity index is 722. The van der Waals surface area contributed by atoms with Crippen LogP contribution >= 0.6 is 23.2 Å². The summed E-state index contributed by atoms with van der Waals surface area (Å²) in [6.07, 6.45) is 4.61. The fourth-order valence-electron chi connectivity index (χ4n) is 2.32. The molecule has 2 rings (SSSR count). The van der Waals surface area contributed by atoms with Crippen molar-refractivity contribution in [1.82, 2.24) is 0 Å². The maximum absolute atomic E-state index is 12.1. The summed E-state index contributed by atoms with van der Waals surface area (Å²) in [6, 6.07) is 12.2. The zero-order valence-corrected chi connectivity index (χ0v) is 16.3. The van der Waals surface area contributed by atoms with Crippen LogP contribution in [0.2, 0.25) is 10.0 Å². The number of rotatable bonds is 10. The van der Waals surface area contributed by atoms with Crippen LogP contribution in [0.15, 0.2) is 42.5 Å². The van der Waals surface area contributed by atoms with E-state index in [1.165, 1.54) is 12.8 Å². The van der Waals surface area contributed by atoms with Crippen LogP contribution in [0.5, 0.6) is 11.5 Å². The Hall–Kier alpha value is -1.91. The van der Waals surface area contributed by atoms with E-state index in [2.05, 4.69) is 12.2 Å². The van der Waals surface area contributed by atoms with Crippen molar-refractivity contribution in [2.24, 2.45) is 0 Å². The smallest absolute Gasteiger partial charge is 0.262 e. The molecule has 0 heterocycles. The lowest BCUT2D eigenvalue weighted by Crippen LogP contribution is -2.20. The highest BCUT2D eigenvalue weighted by Crippen LogP contribution is 2.27. The highest BCUT2D eigenvalue weighted by Gasteiger charge is 2.07. The van der Waals surface area contributed by atoms with E-state index in [1.54, 1.807) is 30.3 Å². The Labute approximate surface area is 164 Å². The van der Waals surface area contributed by atoms with Crippen LogP contribution in [0.1, 0.15) is 32.6 Å². The molecular weight excluding hydrogens is 373 g/mol. The Morgan fingerprint density at radius 1 is 1.04 bits per heavy atom. The molecule has 0 atom stereocenters. The molecule has 0 bridgehead atoms. The zero-order valence-electron chi connectivity index (χ0n) is 14.8. The first-order valence-corrected chi connectivity index (χ1v) is 9.44. The molecule has 4 nitrogen and oxygen atoms in total. The summed E-state index contributed by atoms with van der Waals surface area (Å²) in [5, 5.41) is 3.66. The zero-order chi connectivity index (χ0) is 18.8. The van der Waals surface area contributed by atoms with Gasteiger partial charge in [0.05, 0.1) is 11.6 Å². The average molecular weight is 396 g/mol. The molecule has 0 aliphatic heterocycles. The second-order valence-electron chi connectivity index (χ2n) is 5.85. The average Bonchev–Trinajstić information content (AvgIpc) is 2.61. The van der Waals surface area contributed by atoms with Gasteiger partial charge in [0.1, 0.15) is 11.5 Å². The largest absolute Gasteiger partial charge is 0.494 e. The number of benzene rings is 2. The van der Waals surface area contributed by atoms with Crippen molar-refractivity contribution < 1.29 is 14.3 Å². The second kappa shape index (κ2) is 10.9. The maximum Gasteiger partial charge on any atom is 0.262 e. The highest BCUT2D eigenvalue weighted by atomic mass is 35.5. The van der Waals surface area contributed by atoms with Crippen LogP contribution in [0.4, 0.5) is 5.69 Å². The first-order valence-electron chi connectivity index (χ1n) is 8.69. The van der Waals surface area contributed by atoms with E-state index in [1.807, 2.05) is 12.1 Å². The lowest BCUT2D eigenvalue weighted by molar-refractivity contribution is -0.118. The molecule has 1 amide bonds. The molecule has 1 N–H and O–H groups in total. The first kappa shape index (κ1) is 20.4. The summed E-state index contributed by atoms with van der Waals surface area (Å²) in [6.45, 7) is 2.71. The molecule has 0 saturated carbocycles. The van der Waals surface area contributed by atoms with Gasteiger partial charge in [0.15, 0.2) is 6.61 Å². The van der Waals surface area contributed by atoms with Crippen molar-refractivity contribution in [2.75, 3.05) is 18.5 Å². The number of carbonyl (C=O) groups excluding carboxylic acids is 1. The predicted octanol–water partition coefficient (Wildman–Crippen LogP) is 5.97. The van der Waals surface area contributed by atoms with E-state index in [-0.39, 0.29) is 12.5 Å². The molecule has 0 aliphatic carbocycles. The summed E-state index contributed by atoms with van der Waals surface area (Å²) in [7, 11) is 0. The lowest BCUT2D eigenvalue weighted by atomic mass is 10.2. The molecule has 0 aromatic heterocycles. The number of nitrogens with one attached hydrogen (secondary N) is 1. The SMILES string of the molecule is CCCCCCOc1cccc(NC(=O)COc2ccc(Cl)cc2Cl)c1. The Kier molecular flexibility index (Phi) is 8.59. The number of carbonyl (C=O) groups is 1. The van der Waals surface area contributed by atoms with Gasteiger partial charge in [-0.1, -0.05) is 55.5 Å². The summed E-state index contributed by atoms with van der Waals surface area (Å²) in [4.78, 5) is 12.1. The van der Waals surface area contributed by atoms with Gasteiger partial charge >= 0.3 is 0 Å². The summed E-state index contributed by atoms with van der Waals surface area (Å²) < 4.78 is 11.1. The fourth-order valence-corrected chi connectivity index (χ4v) is 2.78. The van der Waals surface area contributed by atoms with Gasteiger partial charge in [0.2, 0.25) is 0 Å². The van der Waals surface area contributed by atoms with Gasteiger partial charge < -0.3 is 14.8 Å². The molecule has 0 aliphatic rings. The van der Waals surface area contributed by atoms with Crippen molar-refractivity contribution in [1.29, 1.82) is 0 Å². The van der Waals surface area contributed by atoms with E-state index in [4.69, 9.17) is 32.7 Å². The third-order valence-corrected chi connectivity index (χ3v) is 4.17. The first-order chi connectivity index (χ1) is 12.6. The molecule has 0 unspecified atom stereocenters. The molecule has 2 aromatic rings. The Morgan fingerprint density at radius 3 is 2.65 bits per heavy atom. The molecule has 0 spiro atoms. The van der Waals surface area contributed by atoms with Crippen LogP contribution in [0, 0.1) is 0 Å². The standard InChI is InChI=1S/C20H23Cl2NO3/c1-2-3-4-5-11-25-17-8-6-7-16(13-17)23-20(24)14-26-19-10-9-15(21)12-18(19)22/h6-10,12-13H,2-5,11,14H2,1H3,(H,23,24). The minimum absolute atomic E-state index is 0.149. The van der Waals surface area contributed by atoms with Crippen LogP contribution < -0.4 is 14.8 Å². The van der Waals surface area contributed by atoms with Crippen molar-refractivity contribution >= 4 is 34.8 Å². The fraction of sp³-hybridized carbons (Fsp3) is 0.350. The molecule has 140 valence electrons. The molecule has 0 radical (unpaired) electrons. The summed E-state index contributed by atoms with van der Waals surface area (Å²) >= 11 is 11.8. The molecule has 6 heteroatoms. The van der Waals surface area contributed by atoms with Gasteiger partial charge in [0.25, 0.3) is 5.91 Å². The van der Waals surface area contributed by atoms with Crippen LogP contribution in [0.25, 0.3) is 0 Å². The number of unbranched alkanes of at least 4 members (excludes halogenated alkanes) is 3. The van der Waals surface area contributed by atoms with E-state index in [0.717, 1.165) is 18.6 Å². The molecule has 26 heavy (non-hydrogen) atoms. The second-order valence-corrected chi connectivity index (χ2v) is 6.69. The van der Waals surface area contributed by atoms with E-state index < -0.39 is 0 Å². The minimum Gasteiger partial charge on any atom is -0.494 e. The Morgan fingerprint density at radius 2 is 1.88 bits per heavy atom. The summed E-state index contributed by atoms with van der Waals surface area (Å²) in [5.41, 5.74) is 0.659. The molecule has 2 aromatic carbocycles. The summed E-state index contributed by atoms with van der Waals surface area (Å²) in [5.74, 6) is 0.868. The van der Waals surface area contributed by atoms with Gasteiger partial charge in [0, 0.05) is 16.8 Å². The molecular formula is C20H23Cl2NO3. The van der Waals surface area contributed by atoms with E-state index >= 15 is 0 Å². The number of hydrogen-bond donors (Lipinski definition) is 1. The number of halogens is 2. The number of anilines is 1.